The van der Waals surface area contributed by atoms with E-state index in [1.807, 2.05) is 0 Å². The van der Waals surface area contributed by atoms with Crippen molar-refractivity contribution in [3.8, 4) is 0 Å². The van der Waals surface area contributed by atoms with Gasteiger partial charge in [-0.2, -0.15) is 0 Å². The van der Waals surface area contributed by atoms with Crippen molar-refractivity contribution in [2.45, 2.75) is 12.5 Å². The van der Waals surface area contributed by atoms with E-state index in [2.05, 4.69) is 0 Å². The minimum Gasteiger partial charge on any atom is -0.379 e. The quantitative estimate of drug-likeness (QED) is 0.454. The van der Waals surface area contributed by atoms with Crippen LogP contribution in [0.5, 0.6) is 0 Å². The Morgan fingerprint density at radius 2 is 2.25 bits per heavy atom. The van der Waals surface area contributed by atoms with Gasteiger partial charge in [0.25, 0.3) is 0 Å². The SMILES string of the molecule is C1COC2CC2CO1. The van der Waals surface area contributed by atoms with E-state index in [9.17, 15) is 0 Å². The lowest BCUT2D eigenvalue weighted by molar-refractivity contribution is 0.0753. The fraction of sp³-hybridized carbons (Fsp3) is 1.00. The summed E-state index contributed by atoms with van der Waals surface area (Å²) >= 11 is 0. The summed E-state index contributed by atoms with van der Waals surface area (Å²) in [6.45, 7) is 2.54. The third kappa shape index (κ3) is 0.740. The second kappa shape index (κ2) is 1.71. The van der Waals surface area contributed by atoms with Gasteiger partial charge >= 0.3 is 0 Å². The molecule has 0 N–H and O–H groups in total. The largest absolute Gasteiger partial charge is 0.379 e. The zero-order valence-corrected chi connectivity index (χ0v) is 4.80. The molecule has 1 saturated heterocycles. The van der Waals surface area contributed by atoms with Crippen molar-refractivity contribution >= 4 is 0 Å². The van der Waals surface area contributed by atoms with Crippen LogP contribution in [0, 0.1) is 5.92 Å². The third-order valence-corrected chi connectivity index (χ3v) is 1.75. The maximum Gasteiger partial charge on any atom is 0.0704 e. The van der Waals surface area contributed by atoms with Crippen LogP contribution in [0.25, 0.3) is 0 Å². The number of hydrogen-bond acceptors (Lipinski definition) is 2. The van der Waals surface area contributed by atoms with Crippen LogP contribution in [0.2, 0.25) is 0 Å². The second-order valence-electron chi connectivity index (χ2n) is 2.48. The molecule has 0 aromatic rings. The van der Waals surface area contributed by atoms with E-state index < -0.39 is 0 Å². The molecule has 2 aliphatic rings. The summed E-state index contributed by atoms with van der Waals surface area (Å²) in [5, 5.41) is 0. The first-order valence-corrected chi connectivity index (χ1v) is 3.16. The van der Waals surface area contributed by atoms with Crippen molar-refractivity contribution in [1.82, 2.24) is 0 Å². The van der Waals surface area contributed by atoms with Crippen LogP contribution in [-0.2, 0) is 9.47 Å². The molecule has 1 heterocycles. The minimum atomic E-state index is 0.567. The highest BCUT2D eigenvalue weighted by atomic mass is 16.5. The predicted octanol–water partition coefficient (Wildman–Crippen LogP) is 0.422. The van der Waals surface area contributed by atoms with Crippen LogP contribution in [0.3, 0.4) is 0 Å². The summed E-state index contributed by atoms with van der Waals surface area (Å²) in [7, 11) is 0. The normalized spacial score (nSPS) is 45.0. The summed E-state index contributed by atoms with van der Waals surface area (Å²) in [4.78, 5) is 0. The molecule has 1 aliphatic heterocycles. The molecule has 2 unspecified atom stereocenters. The van der Waals surface area contributed by atoms with E-state index in [4.69, 9.17) is 9.47 Å². The second-order valence-corrected chi connectivity index (χ2v) is 2.48. The molecule has 2 fully saturated rings. The first-order chi connectivity index (χ1) is 3.97. The highest BCUT2D eigenvalue weighted by Gasteiger charge is 2.39. The smallest absolute Gasteiger partial charge is 0.0704 e. The Morgan fingerprint density at radius 3 is 3.25 bits per heavy atom. The number of fused-ring (bicyclic) bond motifs is 1. The lowest BCUT2D eigenvalue weighted by atomic mass is 10.5. The van der Waals surface area contributed by atoms with Gasteiger partial charge in [-0.15, -0.1) is 0 Å². The molecule has 2 heteroatoms. The molecule has 1 aliphatic carbocycles. The van der Waals surface area contributed by atoms with Crippen LogP contribution in [-0.4, -0.2) is 25.9 Å². The van der Waals surface area contributed by atoms with Gasteiger partial charge in [0.15, 0.2) is 0 Å². The zero-order chi connectivity index (χ0) is 5.40. The fourth-order valence-electron chi connectivity index (χ4n) is 1.09. The van der Waals surface area contributed by atoms with Gasteiger partial charge in [-0.25, -0.2) is 0 Å². The van der Waals surface area contributed by atoms with Crippen LogP contribution in [0.4, 0.5) is 0 Å². The monoisotopic (exact) mass is 114 g/mol. The standard InChI is InChI=1S/C6H10O2/c1-2-8-6-3-5(6)4-7-1/h5-6H,1-4H2. The Hall–Kier alpha value is -0.0800. The lowest BCUT2D eigenvalue weighted by Crippen LogP contribution is -2.00. The van der Waals surface area contributed by atoms with Gasteiger partial charge in [0.1, 0.15) is 0 Å². The molecule has 2 atom stereocenters. The Morgan fingerprint density at radius 1 is 1.25 bits per heavy atom. The van der Waals surface area contributed by atoms with Gasteiger partial charge in [0.2, 0.25) is 0 Å². The zero-order valence-electron chi connectivity index (χ0n) is 4.80. The molecule has 0 aromatic heterocycles. The molecule has 0 bridgehead atoms. The molecule has 0 amide bonds. The Labute approximate surface area is 48.8 Å². The fourth-order valence-corrected chi connectivity index (χ4v) is 1.09. The molecule has 8 heavy (non-hydrogen) atoms. The minimum absolute atomic E-state index is 0.567. The van der Waals surface area contributed by atoms with E-state index in [1.165, 1.54) is 6.42 Å². The van der Waals surface area contributed by atoms with Crippen LogP contribution in [0.15, 0.2) is 0 Å². The van der Waals surface area contributed by atoms with Gasteiger partial charge in [-0.3, -0.25) is 0 Å². The Balaban J connectivity index is 1.89. The molecule has 2 nitrogen and oxygen atoms in total. The lowest BCUT2D eigenvalue weighted by Gasteiger charge is -1.95. The average molecular weight is 114 g/mol. The first kappa shape index (κ1) is 4.77. The molecular weight excluding hydrogens is 104 g/mol. The van der Waals surface area contributed by atoms with Crippen LogP contribution in [0.1, 0.15) is 6.42 Å². The Bertz CT molecular complexity index is 82.5. The van der Waals surface area contributed by atoms with Crippen molar-refractivity contribution in [3.05, 3.63) is 0 Å². The van der Waals surface area contributed by atoms with Crippen molar-refractivity contribution < 1.29 is 9.47 Å². The van der Waals surface area contributed by atoms with Crippen LogP contribution < -0.4 is 0 Å². The Kier molecular flexibility index (Phi) is 1.02. The number of rotatable bonds is 0. The number of ether oxygens (including phenoxy) is 2. The van der Waals surface area contributed by atoms with E-state index in [-0.39, 0.29) is 0 Å². The highest BCUT2D eigenvalue weighted by molar-refractivity contribution is 4.88. The average Bonchev–Trinajstić information content (AvgIpc) is 2.36. The topological polar surface area (TPSA) is 18.5 Å². The molecule has 0 aromatic carbocycles. The van der Waals surface area contributed by atoms with E-state index in [1.54, 1.807) is 0 Å². The molecule has 2 rings (SSSR count). The van der Waals surface area contributed by atoms with E-state index >= 15 is 0 Å². The molecule has 0 radical (unpaired) electrons. The first-order valence-electron chi connectivity index (χ1n) is 3.16. The summed E-state index contributed by atoms with van der Waals surface area (Å²) in [6, 6.07) is 0. The van der Waals surface area contributed by atoms with Gasteiger partial charge in [-0.1, -0.05) is 0 Å². The van der Waals surface area contributed by atoms with Crippen LogP contribution >= 0.6 is 0 Å². The maximum atomic E-state index is 5.35. The van der Waals surface area contributed by atoms with Crippen molar-refractivity contribution in [2.75, 3.05) is 19.8 Å². The summed E-state index contributed by atoms with van der Waals surface area (Å²) in [6.07, 6.45) is 1.80. The predicted molar refractivity (Wildman–Crippen MR) is 28.7 cm³/mol. The maximum absolute atomic E-state index is 5.35. The van der Waals surface area contributed by atoms with Gasteiger partial charge in [0.05, 0.1) is 25.9 Å². The third-order valence-electron chi connectivity index (χ3n) is 1.75. The number of hydrogen-bond donors (Lipinski definition) is 0. The summed E-state index contributed by atoms with van der Waals surface area (Å²) in [5.74, 6) is 0.748. The van der Waals surface area contributed by atoms with Crippen molar-refractivity contribution in [1.29, 1.82) is 0 Å². The molecule has 1 saturated carbocycles. The van der Waals surface area contributed by atoms with Crippen molar-refractivity contribution in [3.63, 3.8) is 0 Å². The summed E-state index contributed by atoms with van der Waals surface area (Å²) < 4.78 is 10.6. The van der Waals surface area contributed by atoms with E-state index in [0.717, 1.165) is 25.7 Å². The molecule has 46 valence electrons. The molecule has 0 spiro atoms. The molecular formula is C6H10O2. The van der Waals surface area contributed by atoms with Gasteiger partial charge < -0.3 is 9.47 Å². The van der Waals surface area contributed by atoms with E-state index in [0.29, 0.717) is 6.10 Å². The van der Waals surface area contributed by atoms with Gasteiger partial charge in [-0.05, 0) is 6.42 Å². The van der Waals surface area contributed by atoms with Gasteiger partial charge in [0, 0.05) is 5.92 Å². The summed E-state index contributed by atoms with van der Waals surface area (Å²) in [5.41, 5.74) is 0. The van der Waals surface area contributed by atoms with Crippen molar-refractivity contribution in [2.24, 2.45) is 5.92 Å². The highest BCUT2D eigenvalue weighted by Crippen LogP contribution is 2.34.